The first-order valence-electron chi connectivity index (χ1n) is 7.58. The largest absolute Gasteiger partial charge is 0.494 e. The molecule has 0 spiro atoms. The molecule has 0 radical (unpaired) electrons. The van der Waals surface area contributed by atoms with Crippen molar-refractivity contribution in [2.24, 2.45) is 0 Å². The summed E-state index contributed by atoms with van der Waals surface area (Å²) in [4.78, 5) is 0. The molecule has 0 atom stereocenters. The topological polar surface area (TPSA) is 21.3 Å². The number of hydrogen-bond acceptors (Lipinski definition) is 2. The normalized spacial score (nSPS) is 11.2. The molecular weight excluding hydrogens is 258 g/mol. The van der Waals surface area contributed by atoms with Crippen LogP contribution in [-0.4, -0.2) is 13.2 Å². The molecule has 0 saturated carbocycles. The third kappa shape index (κ3) is 5.14. The fourth-order valence-corrected chi connectivity index (χ4v) is 2.10. The van der Waals surface area contributed by atoms with Crippen molar-refractivity contribution in [1.82, 2.24) is 0 Å². The first-order chi connectivity index (χ1) is 10.1. The Balaban J connectivity index is 1.74. The molecule has 0 aliphatic carbocycles. The van der Waals surface area contributed by atoms with E-state index in [2.05, 4.69) is 56.4 Å². The molecule has 1 N–H and O–H groups in total. The van der Waals surface area contributed by atoms with E-state index >= 15 is 0 Å². The van der Waals surface area contributed by atoms with E-state index < -0.39 is 0 Å². The van der Waals surface area contributed by atoms with Gasteiger partial charge in [-0.2, -0.15) is 0 Å². The summed E-state index contributed by atoms with van der Waals surface area (Å²) in [7, 11) is 0. The highest BCUT2D eigenvalue weighted by atomic mass is 16.5. The number of benzene rings is 2. The van der Waals surface area contributed by atoms with Gasteiger partial charge >= 0.3 is 0 Å². The lowest BCUT2D eigenvalue weighted by Gasteiger charge is -2.19. The van der Waals surface area contributed by atoms with Gasteiger partial charge in [-0.3, -0.25) is 0 Å². The number of anilines is 1. The van der Waals surface area contributed by atoms with Crippen LogP contribution in [0.1, 0.15) is 32.8 Å². The van der Waals surface area contributed by atoms with Crippen LogP contribution in [0.5, 0.6) is 5.75 Å². The van der Waals surface area contributed by atoms with E-state index in [1.807, 2.05) is 24.3 Å². The molecule has 0 saturated heterocycles. The van der Waals surface area contributed by atoms with Gasteiger partial charge in [-0.05, 0) is 41.7 Å². The molecule has 2 nitrogen and oxygen atoms in total. The summed E-state index contributed by atoms with van der Waals surface area (Å²) in [6.07, 6.45) is 0.981. The lowest BCUT2D eigenvalue weighted by molar-refractivity contribution is 0.314. The van der Waals surface area contributed by atoms with Crippen LogP contribution in [0.2, 0.25) is 0 Å². The van der Waals surface area contributed by atoms with Crippen molar-refractivity contribution >= 4 is 5.69 Å². The minimum atomic E-state index is 0.161. The highest BCUT2D eigenvalue weighted by molar-refractivity contribution is 5.42. The lowest BCUT2D eigenvalue weighted by atomic mass is 9.87. The molecule has 0 aliphatic heterocycles. The van der Waals surface area contributed by atoms with Crippen LogP contribution in [0.3, 0.4) is 0 Å². The Morgan fingerprint density at radius 2 is 1.71 bits per heavy atom. The van der Waals surface area contributed by atoms with Crippen molar-refractivity contribution in [3.8, 4) is 5.75 Å². The van der Waals surface area contributed by atoms with Gasteiger partial charge < -0.3 is 10.1 Å². The summed E-state index contributed by atoms with van der Waals surface area (Å²) in [6.45, 7) is 8.30. The van der Waals surface area contributed by atoms with Gasteiger partial charge in [0.05, 0.1) is 6.61 Å². The highest BCUT2D eigenvalue weighted by Gasteiger charge is 2.13. The fourth-order valence-electron chi connectivity index (χ4n) is 2.10. The minimum absolute atomic E-state index is 0.161. The third-order valence-corrected chi connectivity index (χ3v) is 3.39. The summed E-state index contributed by atoms with van der Waals surface area (Å²) in [5.41, 5.74) is 2.63. The van der Waals surface area contributed by atoms with Crippen LogP contribution in [0.15, 0.2) is 54.6 Å². The summed E-state index contributed by atoms with van der Waals surface area (Å²) in [5.74, 6) is 0.960. The zero-order valence-corrected chi connectivity index (χ0v) is 13.2. The zero-order valence-electron chi connectivity index (χ0n) is 13.2. The Bertz CT molecular complexity index is 543. The van der Waals surface area contributed by atoms with Crippen LogP contribution in [0.25, 0.3) is 0 Å². The van der Waals surface area contributed by atoms with Crippen LogP contribution in [-0.2, 0) is 5.41 Å². The molecule has 0 amide bonds. The van der Waals surface area contributed by atoms with E-state index in [0.717, 1.165) is 31.0 Å². The number of rotatable bonds is 6. The van der Waals surface area contributed by atoms with E-state index in [9.17, 15) is 0 Å². The van der Waals surface area contributed by atoms with Gasteiger partial charge in [-0.15, -0.1) is 0 Å². The van der Waals surface area contributed by atoms with Crippen molar-refractivity contribution < 1.29 is 4.74 Å². The maximum atomic E-state index is 5.84. The van der Waals surface area contributed by atoms with Gasteiger partial charge in [0.1, 0.15) is 5.75 Å². The average molecular weight is 283 g/mol. The SMILES string of the molecule is CC(C)(C)c1cccc(OCCCNc2ccccc2)c1. The average Bonchev–Trinajstić information content (AvgIpc) is 2.47. The first-order valence-corrected chi connectivity index (χ1v) is 7.58. The molecule has 21 heavy (non-hydrogen) atoms. The van der Waals surface area contributed by atoms with Crippen molar-refractivity contribution in [3.63, 3.8) is 0 Å². The Hall–Kier alpha value is -1.96. The van der Waals surface area contributed by atoms with E-state index in [1.54, 1.807) is 0 Å². The van der Waals surface area contributed by atoms with Crippen LogP contribution in [0.4, 0.5) is 5.69 Å². The fraction of sp³-hybridized carbons (Fsp3) is 0.368. The smallest absolute Gasteiger partial charge is 0.119 e. The maximum Gasteiger partial charge on any atom is 0.119 e. The molecular formula is C19H25NO. The predicted molar refractivity (Wildman–Crippen MR) is 90.2 cm³/mol. The molecule has 0 aromatic heterocycles. The Morgan fingerprint density at radius 1 is 0.952 bits per heavy atom. The van der Waals surface area contributed by atoms with Gasteiger partial charge in [-0.25, -0.2) is 0 Å². The molecule has 0 heterocycles. The van der Waals surface area contributed by atoms with Gasteiger partial charge in [0.15, 0.2) is 0 Å². The van der Waals surface area contributed by atoms with Crippen molar-refractivity contribution in [3.05, 3.63) is 60.2 Å². The summed E-state index contributed by atoms with van der Waals surface area (Å²) < 4.78 is 5.84. The first kappa shape index (κ1) is 15.4. The molecule has 0 aliphatic rings. The monoisotopic (exact) mass is 283 g/mol. The Kier molecular flexibility index (Phi) is 5.26. The van der Waals surface area contributed by atoms with Gasteiger partial charge in [0.25, 0.3) is 0 Å². The quantitative estimate of drug-likeness (QED) is 0.764. The Morgan fingerprint density at radius 3 is 2.43 bits per heavy atom. The highest BCUT2D eigenvalue weighted by Crippen LogP contribution is 2.25. The molecule has 2 aromatic rings. The molecule has 2 aromatic carbocycles. The maximum absolute atomic E-state index is 5.84. The number of para-hydroxylation sites is 1. The van der Waals surface area contributed by atoms with Crippen molar-refractivity contribution in [2.45, 2.75) is 32.6 Å². The predicted octanol–water partition coefficient (Wildman–Crippen LogP) is 4.87. The van der Waals surface area contributed by atoms with Gasteiger partial charge in [0.2, 0.25) is 0 Å². The molecule has 112 valence electrons. The lowest BCUT2D eigenvalue weighted by Crippen LogP contribution is -2.11. The van der Waals surface area contributed by atoms with Crippen molar-refractivity contribution in [1.29, 1.82) is 0 Å². The van der Waals surface area contributed by atoms with Crippen LogP contribution in [0, 0.1) is 0 Å². The van der Waals surface area contributed by atoms with Crippen molar-refractivity contribution in [2.75, 3.05) is 18.5 Å². The molecule has 0 fully saturated rings. The second kappa shape index (κ2) is 7.16. The summed E-state index contributed by atoms with van der Waals surface area (Å²) >= 11 is 0. The third-order valence-electron chi connectivity index (χ3n) is 3.39. The van der Waals surface area contributed by atoms with E-state index in [-0.39, 0.29) is 5.41 Å². The second-order valence-electron chi connectivity index (χ2n) is 6.27. The van der Waals surface area contributed by atoms with Crippen LogP contribution < -0.4 is 10.1 Å². The molecule has 0 bridgehead atoms. The van der Waals surface area contributed by atoms with Crippen LogP contribution >= 0.6 is 0 Å². The molecule has 2 rings (SSSR count). The summed E-state index contributed by atoms with van der Waals surface area (Å²) in [6, 6.07) is 18.7. The number of nitrogens with one attached hydrogen (secondary N) is 1. The van der Waals surface area contributed by atoms with Gasteiger partial charge in [-0.1, -0.05) is 51.1 Å². The molecule has 0 unspecified atom stereocenters. The second-order valence-corrected chi connectivity index (χ2v) is 6.27. The van der Waals surface area contributed by atoms with E-state index in [4.69, 9.17) is 4.74 Å². The Labute approximate surface area is 128 Å². The van der Waals surface area contributed by atoms with E-state index in [0.29, 0.717) is 0 Å². The van der Waals surface area contributed by atoms with Gasteiger partial charge in [0, 0.05) is 12.2 Å². The number of ether oxygens (including phenoxy) is 1. The standard InChI is InChI=1S/C19H25NO/c1-19(2,3)16-9-7-12-18(15-16)21-14-8-13-20-17-10-5-4-6-11-17/h4-7,9-12,15,20H,8,13-14H2,1-3H3. The zero-order chi connectivity index (χ0) is 15.1. The molecule has 2 heteroatoms. The number of hydrogen-bond donors (Lipinski definition) is 1. The minimum Gasteiger partial charge on any atom is -0.494 e. The van der Waals surface area contributed by atoms with E-state index in [1.165, 1.54) is 5.56 Å². The summed E-state index contributed by atoms with van der Waals surface area (Å²) in [5, 5.41) is 3.39.